The standard InChI is InChI=1S/C24H22N2O3/c1-3-15-26-23(27)21(18-12-6-7-14-20(18)29-2)22(24(26)28)25-19-13-8-10-16-9-4-5-11-17(16)19/h4-14,25H,3,15H2,1-2H3. The molecule has 0 fully saturated rings. The van der Waals surface area contributed by atoms with Gasteiger partial charge in [0.25, 0.3) is 11.8 Å². The van der Waals surface area contributed by atoms with E-state index in [1.54, 1.807) is 19.2 Å². The number of imide groups is 1. The van der Waals surface area contributed by atoms with Gasteiger partial charge in [-0.3, -0.25) is 14.5 Å². The van der Waals surface area contributed by atoms with Crippen LogP contribution in [0, 0.1) is 0 Å². The number of carbonyl (C=O) groups is 2. The predicted octanol–water partition coefficient (Wildman–Crippen LogP) is 4.45. The molecule has 29 heavy (non-hydrogen) atoms. The molecule has 1 aliphatic rings. The minimum absolute atomic E-state index is 0.282. The number of carbonyl (C=O) groups excluding carboxylic acids is 2. The summed E-state index contributed by atoms with van der Waals surface area (Å²) in [5.74, 6) is -0.0611. The fraction of sp³-hybridized carbons (Fsp3) is 0.167. The van der Waals surface area contributed by atoms with Crippen molar-refractivity contribution in [2.75, 3.05) is 19.0 Å². The number of rotatable bonds is 6. The molecule has 4 rings (SSSR count). The third-order valence-electron chi connectivity index (χ3n) is 5.04. The first kappa shape index (κ1) is 18.7. The van der Waals surface area contributed by atoms with Crippen LogP contribution in [-0.2, 0) is 9.59 Å². The number of ether oxygens (including phenoxy) is 1. The number of anilines is 1. The van der Waals surface area contributed by atoms with Crippen LogP contribution in [0.5, 0.6) is 5.75 Å². The van der Waals surface area contributed by atoms with Crippen molar-refractivity contribution >= 4 is 33.8 Å². The highest BCUT2D eigenvalue weighted by Crippen LogP contribution is 2.36. The topological polar surface area (TPSA) is 58.6 Å². The third kappa shape index (κ3) is 3.25. The fourth-order valence-corrected chi connectivity index (χ4v) is 3.69. The van der Waals surface area contributed by atoms with E-state index in [4.69, 9.17) is 4.74 Å². The van der Waals surface area contributed by atoms with Gasteiger partial charge in [0.1, 0.15) is 11.4 Å². The van der Waals surface area contributed by atoms with E-state index in [0.29, 0.717) is 29.9 Å². The van der Waals surface area contributed by atoms with E-state index in [1.807, 2.05) is 61.5 Å². The maximum absolute atomic E-state index is 13.2. The molecule has 146 valence electrons. The van der Waals surface area contributed by atoms with Gasteiger partial charge in [-0.2, -0.15) is 0 Å². The Balaban J connectivity index is 1.88. The zero-order chi connectivity index (χ0) is 20.4. The van der Waals surface area contributed by atoms with Gasteiger partial charge < -0.3 is 10.1 Å². The van der Waals surface area contributed by atoms with Crippen LogP contribution >= 0.6 is 0 Å². The minimum atomic E-state index is -0.314. The smallest absolute Gasteiger partial charge is 0.278 e. The predicted molar refractivity (Wildman–Crippen MR) is 114 cm³/mol. The highest BCUT2D eigenvalue weighted by atomic mass is 16.5. The second-order valence-corrected chi connectivity index (χ2v) is 6.86. The number of hydrogen-bond donors (Lipinski definition) is 1. The van der Waals surface area contributed by atoms with Crippen LogP contribution < -0.4 is 10.1 Å². The summed E-state index contributed by atoms with van der Waals surface area (Å²) in [5.41, 5.74) is 2.01. The molecule has 1 heterocycles. The largest absolute Gasteiger partial charge is 0.496 e. The number of benzene rings is 3. The number of nitrogens with one attached hydrogen (secondary N) is 1. The van der Waals surface area contributed by atoms with Crippen molar-refractivity contribution in [2.24, 2.45) is 0 Å². The fourth-order valence-electron chi connectivity index (χ4n) is 3.69. The van der Waals surface area contributed by atoms with Crippen LogP contribution in [0.2, 0.25) is 0 Å². The van der Waals surface area contributed by atoms with Gasteiger partial charge >= 0.3 is 0 Å². The number of methoxy groups -OCH3 is 1. The van der Waals surface area contributed by atoms with E-state index in [-0.39, 0.29) is 17.5 Å². The van der Waals surface area contributed by atoms with Crippen molar-refractivity contribution in [1.82, 2.24) is 4.90 Å². The number of amides is 2. The van der Waals surface area contributed by atoms with Gasteiger partial charge in [-0.15, -0.1) is 0 Å². The van der Waals surface area contributed by atoms with Crippen LogP contribution in [0.15, 0.2) is 72.4 Å². The lowest BCUT2D eigenvalue weighted by Gasteiger charge is -2.14. The zero-order valence-electron chi connectivity index (χ0n) is 16.4. The van der Waals surface area contributed by atoms with Gasteiger partial charge in [0.05, 0.1) is 12.7 Å². The molecular weight excluding hydrogens is 364 g/mol. The molecule has 0 radical (unpaired) electrons. The summed E-state index contributed by atoms with van der Waals surface area (Å²) in [7, 11) is 1.56. The van der Waals surface area contributed by atoms with E-state index in [1.165, 1.54) is 4.90 Å². The van der Waals surface area contributed by atoms with Gasteiger partial charge in [0.2, 0.25) is 0 Å². The van der Waals surface area contributed by atoms with E-state index in [0.717, 1.165) is 16.5 Å². The Morgan fingerprint density at radius 3 is 2.41 bits per heavy atom. The molecule has 5 nitrogen and oxygen atoms in total. The first-order chi connectivity index (χ1) is 14.2. The molecule has 2 amide bonds. The van der Waals surface area contributed by atoms with Crippen LogP contribution in [-0.4, -0.2) is 30.4 Å². The number of fused-ring (bicyclic) bond motifs is 1. The summed E-state index contributed by atoms with van der Waals surface area (Å²) in [5, 5.41) is 5.30. The Hall–Kier alpha value is -3.60. The van der Waals surface area contributed by atoms with Gasteiger partial charge in [-0.1, -0.05) is 61.5 Å². The molecule has 0 aliphatic carbocycles. The van der Waals surface area contributed by atoms with Crippen LogP contribution in [0.4, 0.5) is 5.69 Å². The Kier molecular flexibility index (Phi) is 5.04. The van der Waals surface area contributed by atoms with Crippen molar-refractivity contribution in [3.05, 3.63) is 78.0 Å². The summed E-state index contributed by atoms with van der Waals surface area (Å²) >= 11 is 0. The molecule has 0 spiro atoms. The van der Waals surface area contributed by atoms with Crippen molar-refractivity contribution in [2.45, 2.75) is 13.3 Å². The van der Waals surface area contributed by atoms with Crippen molar-refractivity contribution in [3.63, 3.8) is 0 Å². The maximum Gasteiger partial charge on any atom is 0.278 e. The monoisotopic (exact) mass is 386 g/mol. The number of nitrogens with zero attached hydrogens (tertiary/aromatic N) is 1. The average Bonchev–Trinajstić information content (AvgIpc) is 2.98. The third-order valence-corrected chi connectivity index (χ3v) is 5.04. The second-order valence-electron chi connectivity index (χ2n) is 6.86. The summed E-state index contributed by atoms with van der Waals surface area (Å²) in [6.45, 7) is 2.32. The van der Waals surface area contributed by atoms with E-state index in [2.05, 4.69) is 5.32 Å². The van der Waals surface area contributed by atoms with Crippen molar-refractivity contribution < 1.29 is 14.3 Å². The van der Waals surface area contributed by atoms with Crippen LogP contribution in [0.25, 0.3) is 16.3 Å². The van der Waals surface area contributed by atoms with Gasteiger partial charge in [-0.05, 0) is 23.9 Å². The van der Waals surface area contributed by atoms with Gasteiger partial charge in [0, 0.05) is 23.2 Å². The lowest BCUT2D eigenvalue weighted by molar-refractivity contribution is -0.136. The molecule has 0 unspecified atom stereocenters. The van der Waals surface area contributed by atoms with Gasteiger partial charge in [0.15, 0.2) is 0 Å². The summed E-state index contributed by atoms with van der Waals surface area (Å²) in [6.07, 6.45) is 0.693. The average molecular weight is 386 g/mol. The Labute approximate surface area is 169 Å². The highest BCUT2D eigenvalue weighted by molar-refractivity contribution is 6.37. The Morgan fingerprint density at radius 1 is 0.897 bits per heavy atom. The van der Waals surface area contributed by atoms with E-state index < -0.39 is 0 Å². The minimum Gasteiger partial charge on any atom is -0.496 e. The summed E-state index contributed by atoms with van der Waals surface area (Å²) < 4.78 is 5.46. The zero-order valence-corrected chi connectivity index (χ0v) is 16.4. The highest BCUT2D eigenvalue weighted by Gasteiger charge is 2.39. The number of para-hydroxylation sites is 1. The second kappa shape index (κ2) is 7.80. The van der Waals surface area contributed by atoms with Crippen LogP contribution in [0.3, 0.4) is 0 Å². The molecule has 0 bridgehead atoms. The van der Waals surface area contributed by atoms with E-state index in [9.17, 15) is 9.59 Å². The Bertz CT molecular complexity index is 1130. The van der Waals surface area contributed by atoms with Gasteiger partial charge in [-0.25, -0.2) is 0 Å². The molecule has 1 N–H and O–H groups in total. The van der Waals surface area contributed by atoms with Crippen molar-refractivity contribution in [3.8, 4) is 5.75 Å². The lowest BCUT2D eigenvalue weighted by atomic mass is 10.0. The normalized spacial score (nSPS) is 14.1. The first-order valence-corrected chi connectivity index (χ1v) is 9.64. The molecule has 0 atom stereocenters. The first-order valence-electron chi connectivity index (χ1n) is 9.64. The maximum atomic E-state index is 13.2. The molecule has 5 heteroatoms. The molecule has 3 aromatic rings. The summed E-state index contributed by atoms with van der Waals surface area (Å²) in [4.78, 5) is 27.7. The number of hydrogen-bond acceptors (Lipinski definition) is 4. The Morgan fingerprint density at radius 2 is 1.62 bits per heavy atom. The molecular formula is C24H22N2O3. The lowest BCUT2D eigenvalue weighted by Crippen LogP contribution is -2.33. The molecule has 1 aliphatic heterocycles. The quantitative estimate of drug-likeness (QED) is 0.636. The molecule has 3 aromatic carbocycles. The van der Waals surface area contributed by atoms with E-state index >= 15 is 0 Å². The molecule has 0 aromatic heterocycles. The summed E-state index contributed by atoms with van der Waals surface area (Å²) in [6, 6.07) is 21.1. The van der Waals surface area contributed by atoms with Crippen molar-refractivity contribution in [1.29, 1.82) is 0 Å². The molecule has 0 saturated carbocycles. The SMILES string of the molecule is CCCN1C(=O)C(Nc2cccc3ccccc23)=C(c2ccccc2OC)C1=O. The van der Waals surface area contributed by atoms with Crippen LogP contribution in [0.1, 0.15) is 18.9 Å². The molecule has 0 saturated heterocycles.